The molecule has 4 heterocycles. The second-order valence-electron chi connectivity index (χ2n) is 7.46. The first-order chi connectivity index (χ1) is 14.7. The van der Waals surface area contributed by atoms with Gasteiger partial charge in [0.15, 0.2) is 0 Å². The second kappa shape index (κ2) is 6.74. The molecule has 0 atom stereocenters. The van der Waals surface area contributed by atoms with Crippen molar-refractivity contribution in [2.24, 2.45) is 0 Å². The van der Waals surface area contributed by atoms with Gasteiger partial charge in [0.1, 0.15) is 11.6 Å². The first kappa shape index (κ1) is 17.3. The van der Waals surface area contributed by atoms with Gasteiger partial charge < -0.3 is 10.4 Å². The first-order valence-corrected chi connectivity index (χ1v) is 10.6. The van der Waals surface area contributed by atoms with Crippen LogP contribution < -0.4 is 5.32 Å². The van der Waals surface area contributed by atoms with Crippen LogP contribution in [0, 0.1) is 0 Å². The number of aromatic hydroxyl groups is 1. The number of nitrogens with one attached hydrogen (secondary N) is 1. The number of thiazole rings is 1. The van der Waals surface area contributed by atoms with Gasteiger partial charge in [-0.2, -0.15) is 0 Å². The number of hydrogen-bond acceptors (Lipinski definition) is 7. The zero-order valence-electron chi connectivity index (χ0n) is 15.9. The van der Waals surface area contributed by atoms with Crippen molar-refractivity contribution in [3.8, 4) is 17.0 Å². The summed E-state index contributed by atoms with van der Waals surface area (Å²) in [4.78, 5) is 18.2. The Morgan fingerprint density at radius 2 is 1.93 bits per heavy atom. The summed E-state index contributed by atoms with van der Waals surface area (Å²) < 4.78 is 1.15. The molecule has 6 nitrogen and oxygen atoms in total. The number of pyridine rings is 3. The SMILES string of the molecule is Oc1ccnc2cc(-c3cccnc3)nc(Nc3ccc4nc(C5CC5)sc4c3)c12. The Bertz CT molecular complexity index is 1400. The van der Waals surface area contributed by atoms with Gasteiger partial charge in [0.2, 0.25) is 0 Å². The number of rotatable bonds is 4. The summed E-state index contributed by atoms with van der Waals surface area (Å²) in [7, 11) is 0. The molecule has 0 unspecified atom stereocenters. The lowest BCUT2D eigenvalue weighted by Crippen LogP contribution is -1.98. The molecule has 1 fully saturated rings. The van der Waals surface area contributed by atoms with Gasteiger partial charge in [-0.3, -0.25) is 9.97 Å². The summed E-state index contributed by atoms with van der Waals surface area (Å²) in [5.41, 5.74) is 4.22. The molecule has 4 aromatic heterocycles. The van der Waals surface area contributed by atoms with Crippen molar-refractivity contribution in [3.63, 3.8) is 0 Å². The maximum atomic E-state index is 10.5. The first-order valence-electron chi connectivity index (χ1n) is 9.81. The van der Waals surface area contributed by atoms with Gasteiger partial charge in [-0.05, 0) is 55.3 Å². The molecule has 0 radical (unpaired) electrons. The fourth-order valence-electron chi connectivity index (χ4n) is 3.57. The Balaban J connectivity index is 1.47. The highest BCUT2D eigenvalue weighted by Gasteiger charge is 2.27. The summed E-state index contributed by atoms with van der Waals surface area (Å²) in [6.07, 6.45) is 7.58. The lowest BCUT2D eigenvalue weighted by atomic mass is 10.1. The third-order valence-corrected chi connectivity index (χ3v) is 6.43. The molecule has 0 bridgehead atoms. The third-order valence-electron chi connectivity index (χ3n) is 5.25. The van der Waals surface area contributed by atoms with E-state index in [2.05, 4.69) is 21.4 Å². The van der Waals surface area contributed by atoms with Crippen LogP contribution in [0.25, 0.3) is 32.4 Å². The molecule has 0 amide bonds. The number of fused-ring (bicyclic) bond motifs is 2. The van der Waals surface area contributed by atoms with E-state index in [0.29, 0.717) is 22.6 Å². The average Bonchev–Trinajstić information content (AvgIpc) is 3.53. The van der Waals surface area contributed by atoms with E-state index in [1.807, 2.05) is 30.3 Å². The van der Waals surface area contributed by atoms with Crippen molar-refractivity contribution in [1.82, 2.24) is 19.9 Å². The van der Waals surface area contributed by atoms with Gasteiger partial charge in [0.25, 0.3) is 0 Å². The molecule has 1 aliphatic rings. The van der Waals surface area contributed by atoms with Crippen LogP contribution >= 0.6 is 11.3 Å². The monoisotopic (exact) mass is 411 g/mol. The van der Waals surface area contributed by atoms with E-state index in [9.17, 15) is 5.11 Å². The van der Waals surface area contributed by atoms with E-state index in [1.54, 1.807) is 36.0 Å². The fraction of sp³-hybridized carbons (Fsp3) is 0.130. The van der Waals surface area contributed by atoms with Crippen molar-refractivity contribution in [1.29, 1.82) is 0 Å². The van der Waals surface area contributed by atoms with Crippen LogP contribution in [0.15, 0.2) is 61.1 Å². The lowest BCUT2D eigenvalue weighted by Gasteiger charge is -2.12. The minimum atomic E-state index is 0.141. The van der Waals surface area contributed by atoms with E-state index in [1.165, 1.54) is 17.8 Å². The van der Waals surface area contributed by atoms with Crippen molar-refractivity contribution in [3.05, 3.63) is 66.1 Å². The molecular weight excluding hydrogens is 394 g/mol. The molecule has 7 heteroatoms. The quantitative estimate of drug-likeness (QED) is 0.399. The molecule has 30 heavy (non-hydrogen) atoms. The molecule has 1 aromatic carbocycles. The molecule has 5 aromatic rings. The molecule has 1 aliphatic carbocycles. The predicted octanol–water partition coefficient (Wildman–Crippen LogP) is 5.63. The van der Waals surface area contributed by atoms with Gasteiger partial charge in [-0.25, -0.2) is 9.97 Å². The minimum Gasteiger partial charge on any atom is -0.507 e. The van der Waals surface area contributed by atoms with E-state index >= 15 is 0 Å². The van der Waals surface area contributed by atoms with Crippen LogP contribution in [0.4, 0.5) is 11.5 Å². The number of nitrogens with zero attached hydrogens (tertiary/aromatic N) is 4. The normalized spacial score (nSPS) is 13.7. The van der Waals surface area contributed by atoms with Gasteiger partial charge in [0, 0.05) is 35.8 Å². The van der Waals surface area contributed by atoms with Crippen LogP contribution in [0.5, 0.6) is 5.75 Å². The Kier molecular flexibility index (Phi) is 3.89. The van der Waals surface area contributed by atoms with Crippen molar-refractivity contribution < 1.29 is 5.11 Å². The molecule has 6 rings (SSSR count). The van der Waals surface area contributed by atoms with E-state index in [-0.39, 0.29) is 5.75 Å². The van der Waals surface area contributed by atoms with Crippen molar-refractivity contribution in [2.75, 3.05) is 5.32 Å². The Hall–Kier alpha value is -3.58. The summed E-state index contributed by atoms with van der Waals surface area (Å²) in [5, 5.41) is 15.7. The molecule has 0 saturated heterocycles. The highest BCUT2D eigenvalue weighted by molar-refractivity contribution is 7.18. The lowest BCUT2D eigenvalue weighted by molar-refractivity contribution is 0.481. The van der Waals surface area contributed by atoms with Crippen LogP contribution in [0.2, 0.25) is 0 Å². The summed E-state index contributed by atoms with van der Waals surface area (Å²) >= 11 is 1.76. The zero-order chi connectivity index (χ0) is 20.1. The molecule has 146 valence electrons. The highest BCUT2D eigenvalue weighted by Crippen LogP contribution is 2.43. The summed E-state index contributed by atoms with van der Waals surface area (Å²) in [5.74, 6) is 1.34. The fourth-order valence-corrected chi connectivity index (χ4v) is 4.75. The van der Waals surface area contributed by atoms with Gasteiger partial charge >= 0.3 is 0 Å². The van der Waals surface area contributed by atoms with Crippen molar-refractivity contribution >= 4 is 44.0 Å². The van der Waals surface area contributed by atoms with Crippen LogP contribution in [-0.2, 0) is 0 Å². The van der Waals surface area contributed by atoms with Crippen LogP contribution in [0.1, 0.15) is 23.8 Å². The van der Waals surface area contributed by atoms with E-state index in [4.69, 9.17) is 9.97 Å². The highest BCUT2D eigenvalue weighted by atomic mass is 32.1. The summed E-state index contributed by atoms with van der Waals surface area (Å²) in [6.45, 7) is 0. The third kappa shape index (κ3) is 3.04. The van der Waals surface area contributed by atoms with Crippen molar-refractivity contribution in [2.45, 2.75) is 18.8 Å². The Morgan fingerprint density at radius 1 is 1.00 bits per heavy atom. The zero-order valence-corrected chi connectivity index (χ0v) is 16.7. The van der Waals surface area contributed by atoms with E-state index < -0.39 is 0 Å². The molecule has 1 saturated carbocycles. The maximum absolute atomic E-state index is 10.5. The second-order valence-corrected chi connectivity index (χ2v) is 8.52. The van der Waals surface area contributed by atoms with Gasteiger partial charge in [-0.1, -0.05) is 0 Å². The molecule has 2 N–H and O–H groups in total. The topological polar surface area (TPSA) is 83.8 Å². The van der Waals surface area contributed by atoms with Gasteiger partial charge in [-0.15, -0.1) is 11.3 Å². The van der Waals surface area contributed by atoms with Crippen LogP contribution in [-0.4, -0.2) is 25.0 Å². The number of aromatic nitrogens is 4. The van der Waals surface area contributed by atoms with Gasteiger partial charge in [0.05, 0.1) is 31.8 Å². The largest absolute Gasteiger partial charge is 0.507 e. The predicted molar refractivity (Wildman–Crippen MR) is 119 cm³/mol. The number of hydrogen-bond donors (Lipinski definition) is 2. The summed E-state index contributed by atoms with van der Waals surface area (Å²) in [6, 6.07) is 13.4. The molecular formula is C23H17N5OS. The standard InChI is InChI=1S/C23H17N5OS/c29-19-7-9-25-18-11-17(14-2-1-8-24-12-14)27-22(21(18)19)26-15-5-6-16-20(10-15)30-23(28-16)13-3-4-13/h1-2,5-13H,3-4H2,(H,25,29)(H,26,27). The number of benzene rings is 1. The Labute approximate surface area is 176 Å². The molecule has 0 aliphatic heterocycles. The smallest absolute Gasteiger partial charge is 0.144 e. The minimum absolute atomic E-state index is 0.141. The number of anilines is 2. The Morgan fingerprint density at radius 3 is 2.77 bits per heavy atom. The molecule has 0 spiro atoms. The maximum Gasteiger partial charge on any atom is 0.144 e. The average molecular weight is 411 g/mol. The van der Waals surface area contributed by atoms with Crippen LogP contribution in [0.3, 0.4) is 0 Å². The van der Waals surface area contributed by atoms with E-state index in [0.717, 1.165) is 27.2 Å².